The molecule has 0 bridgehead atoms. The molecular weight excluding hydrogens is 222 g/mol. The third-order valence-electron chi connectivity index (χ3n) is 3.92. The number of methoxy groups -OCH3 is 1. The predicted molar refractivity (Wildman–Crippen MR) is 76.7 cm³/mol. The molecule has 1 aliphatic carbocycles. The second-order valence-electron chi connectivity index (χ2n) is 5.30. The van der Waals surface area contributed by atoms with Crippen molar-refractivity contribution in [3.8, 4) is 5.75 Å². The summed E-state index contributed by atoms with van der Waals surface area (Å²) in [5.74, 6) is 1.66. The van der Waals surface area contributed by atoms with E-state index in [0.717, 1.165) is 16.9 Å². The Morgan fingerprint density at radius 1 is 1.28 bits per heavy atom. The molecule has 1 fully saturated rings. The van der Waals surface area contributed by atoms with Gasteiger partial charge in [-0.15, -0.1) is 0 Å². The standard InChI is InChI=1S/C16H23NO/c1-12-7-4-5-10-15(12)17-11-14-9-6-8-13(2)16(14)18-3/h6,8-9,11-12,15H,4-5,7,10H2,1-3H3. The lowest BCUT2D eigenvalue weighted by molar-refractivity contribution is 0.333. The van der Waals surface area contributed by atoms with E-state index < -0.39 is 0 Å². The molecule has 0 spiro atoms. The number of para-hydroxylation sites is 1. The number of aryl methyl sites for hydroxylation is 1. The Morgan fingerprint density at radius 3 is 2.78 bits per heavy atom. The van der Waals surface area contributed by atoms with E-state index in [-0.39, 0.29) is 0 Å². The lowest BCUT2D eigenvalue weighted by atomic mass is 9.86. The Balaban J connectivity index is 2.15. The molecule has 0 N–H and O–H groups in total. The van der Waals surface area contributed by atoms with Gasteiger partial charge in [-0.3, -0.25) is 4.99 Å². The molecule has 18 heavy (non-hydrogen) atoms. The maximum atomic E-state index is 5.45. The van der Waals surface area contributed by atoms with Crippen LogP contribution in [0, 0.1) is 12.8 Å². The van der Waals surface area contributed by atoms with Crippen LogP contribution in [0.4, 0.5) is 0 Å². The summed E-state index contributed by atoms with van der Waals surface area (Å²) in [6.07, 6.45) is 7.22. The van der Waals surface area contributed by atoms with Crippen LogP contribution >= 0.6 is 0 Å². The van der Waals surface area contributed by atoms with Gasteiger partial charge in [-0.1, -0.05) is 31.9 Å². The number of ether oxygens (including phenoxy) is 1. The highest BCUT2D eigenvalue weighted by Crippen LogP contribution is 2.27. The summed E-state index contributed by atoms with van der Waals surface area (Å²) in [4.78, 5) is 4.78. The highest BCUT2D eigenvalue weighted by atomic mass is 16.5. The van der Waals surface area contributed by atoms with Crippen molar-refractivity contribution in [1.82, 2.24) is 0 Å². The quantitative estimate of drug-likeness (QED) is 0.738. The topological polar surface area (TPSA) is 21.6 Å². The van der Waals surface area contributed by atoms with Gasteiger partial charge in [0.2, 0.25) is 0 Å². The largest absolute Gasteiger partial charge is 0.496 e. The molecule has 0 aromatic heterocycles. The molecular formula is C16H23NO. The van der Waals surface area contributed by atoms with Gasteiger partial charge in [-0.05, 0) is 37.3 Å². The van der Waals surface area contributed by atoms with E-state index in [4.69, 9.17) is 9.73 Å². The first kappa shape index (κ1) is 13.1. The molecule has 2 nitrogen and oxygen atoms in total. The lowest BCUT2D eigenvalue weighted by Crippen LogP contribution is -2.20. The fraction of sp³-hybridized carbons (Fsp3) is 0.562. The van der Waals surface area contributed by atoms with Crippen LogP contribution in [-0.2, 0) is 0 Å². The average molecular weight is 245 g/mol. The van der Waals surface area contributed by atoms with Gasteiger partial charge >= 0.3 is 0 Å². The predicted octanol–water partition coefficient (Wildman–Crippen LogP) is 4.00. The van der Waals surface area contributed by atoms with Crippen LogP contribution in [0.25, 0.3) is 0 Å². The fourth-order valence-corrected chi connectivity index (χ4v) is 2.75. The van der Waals surface area contributed by atoms with Crippen LogP contribution < -0.4 is 4.74 Å². The van der Waals surface area contributed by atoms with Crippen molar-refractivity contribution in [2.24, 2.45) is 10.9 Å². The van der Waals surface area contributed by atoms with Crippen molar-refractivity contribution < 1.29 is 4.74 Å². The molecule has 98 valence electrons. The molecule has 1 aromatic rings. The Hall–Kier alpha value is -1.31. The van der Waals surface area contributed by atoms with Crippen molar-refractivity contribution in [3.05, 3.63) is 29.3 Å². The monoisotopic (exact) mass is 245 g/mol. The zero-order valence-electron chi connectivity index (χ0n) is 11.6. The normalized spacial score (nSPS) is 24.4. The molecule has 0 radical (unpaired) electrons. The lowest BCUT2D eigenvalue weighted by Gasteiger charge is -2.25. The number of hydrogen-bond donors (Lipinski definition) is 0. The third-order valence-corrected chi connectivity index (χ3v) is 3.92. The molecule has 1 saturated carbocycles. The number of nitrogens with zero attached hydrogens (tertiary/aromatic N) is 1. The zero-order valence-corrected chi connectivity index (χ0v) is 11.6. The van der Waals surface area contributed by atoms with E-state index in [1.54, 1.807) is 7.11 Å². The molecule has 0 aliphatic heterocycles. The Labute approximate surface area is 110 Å². The number of rotatable bonds is 3. The van der Waals surface area contributed by atoms with Crippen molar-refractivity contribution >= 4 is 6.21 Å². The molecule has 1 aliphatic rings. The van der Waals surface area contributed by atoms with E-state index in [1.807, 2.05) is 6.21 Å². The van der Waals surface area contributed by atoms with E-state index in [1.165, 1.54) is 25.7 Å². The van der Waals surface area contributed by atoms with Gasteiger partial charge in [0.05, 0.1) is 13.2 Å². The second-order valence-corrected chi connectivity index (χ2v) is 5.30. The summed E-state index contributed by atoms with van der Waals surface area (Å²) in [5.41, 5.74) is 2.26. The first-order valence-electron chi connectivity index (χ1n) is 6.89. The number of hydrogen-bond acceptors (Lipinski definition) is 2. The Morgan fingerprint density at radius 2 is 2.06 bits per heavy atom. The molecule has 0 heterocycles. The van der Waals surface area contributed by atoms with Crippen LogP contribution in [0.2, 0.25) is 0 Å². The molecule has 1 aromatic carbocycles. The van der Waals surface area contributed by atoms with Gasteiger partial charge in [0, 0.05) is 11.8 Å². The molecule has 2 rings (SSSR count). The summed E-state index contributed by atoms with van der Waals surface area (Å²) in [5, 5.41) is 0. The maximum Gasteiger partial charge on any atom is 0.130 e. The van der Waals surface area contributed by atoms with Gasteiger partial charge in [0.1, 0.15) is 5.75 Å². The van der Waals surface area contributed by atoms with Gasteiger partial charge in [-0.25, -0.2) is 0 Å². The summed E-state index contributed by atoms with van der Waals surface area (Å²) >= 11 is 0. The summed E-state index contributed by atoms with van der Waals surface area (Å²) in [7, 11) is 1.73. The smallest absolute Gasteiger partial charge is 0.130 e. The first-order valence-corrected chi connectivity index (χ1v) is 6.89. The highest BCUT2D eigenvalue weighted by molar-refractivity contribution is 5.84. The number of benzene rings is 1. The van der Waals surface area contributed by atoms with E-state index in [0.29, 0.717) is 12.0 Å². The van der Waals surface area contributed by atoms with Crippen molar-refractivity contribution in [3.63, 3.8) is 0 Å². The van der Waals surface area contributed by atoms with E-state index >= 15 is 0 Å². The van der Waals surface area contributed by atoms with Crippen molar-refractivity contribution in [2.75, 3.05) is 7.11 Å². The minimum absolute atomic E-state index is 0.490. The summed E-state index contributed by atoms with van der Waals surface area (Å²) < 4.78 is 5.45. The zero-order chi connectivity index (χ0) is 13.0. The van der Waals surface area contributed by atoms with Crippen LogP contribution in [0.15, 0.2) is 23.2 Å². The van der Waals surface area contributed by atoms with E-state index in [9.17, 15) is 0 Å². The number of aliphatic imine (C=N–C) groups is 1. The van der Waals surface area contributed by atoms with Gasteiger partial charge in [0.25, 0.3) is 0 Å². The second kappa shape index (κ2) is 6.03. The van der Waals surface area contributed by atoms with Crippen LogP contribution in [0.5, 0.6) is 5.75 Å². The van der Waals surface area contributed by atoms with Gasteiger partial charge in [-0.2, -0.15) is 0 Å². The minimum Gasteiger partial charge on any atom is -0.496 e. The van der Waals surface area contributed by atoms with Crippen molar-refractivity contribution in [2.45, 2.75) is 45.6 Å². The summed E-state index contributed by atoms with van der Waals surface area (Å²) in [6, 6.07) is 6.69. The minimum atomic E-state index is 0.490. The molecule has 2 atom stereocenters. The Bertz CT molecular complexity index is 425. The molecule has 0 amide bonds. The summed E-state index contributed by atoms with van der Waals surface area (Å²) in [6.45, 7) is 4.38. The van der Waals surface area contributed by atoms with Crippen LogP contribution in [0.3, 0.4) is 0 Å². The maximum absolute atomic E-state index is 5.45. The third kappa shape index (κ3) is 2.92. The SMILES string of the molecule is COc1c(C)cccc1C=NC1CCCCC1C. The highest BCUT2D eigenvalue weighted by Gasteiger charge is 2.19. The van der Waals surface area contributed by atoms with Gasteiger partial charge < -0.3 is 4.74 Å². The van der Waals surface area contributed by atoms with E-state index in [2.05, 4.69) is 32.0 Å². The first-order chi connectivity index (χ1) is 8.72. The molecule has 2 heteroatoms. The Kier molecular flexibility index (Phi) is 4.40. The van der Waals surface area contributed by atoms with Crippen LogP contribution in [0.1, 0.15) is 43.7 Å². The average Bonchev–Trinajstić information content (AvgIpc) is 2.38. The van der Waals surface area contributed by atoms with Crippen molar-refractivity contribution in [1.29, 1.82) is 0 Å². The molecule has 2 unspecified atom stereocenters. The van der Waals surface area contributed by atoms with Gasteiger partial charge in [0.15, 0.2) is 0 Å². The fourth-order valence-electron chi connectivity index (χ4n) is 2.75. The van der Waals surface area contributed by atoms with Crippen LogP contribution in [-0.4, -0.2) is 19.4 Å². The molecule has 0 saturated heterocycles.